The smallest absolute Gasteiger partial charge is 0.262 e. The molecule has 1 amide bonds. The van der Waals surface area contributed by atoms with E-state index in [4.69, 9.17) is 4.74 Å². The van der Waals surface area contributed by atoms with Crippen molar-refractivity contribution in [2.45, 2.75) is 33.1 Å². The monoisotopic (exact) mass is 393 g/mol. The number of amides is 1. The van der Waals surface area contributed by atoms with Crippen LogP contribution in [0.15, 0.2) is 36.4 Å². The molecule has 4 rings (SSSR count). The number of carbonyl (C=O) groups excluding carboxylic acids is 1. The highest BCUT2D eigenvalue weighted by atomic mass is 16.5. The van der Waals surface area contributed by atoms with E-state index in [-0.39, 0.29) is 12.5 Å². The Hall–Kier alpha value is -2.53. The van der Waals surface area contributed by atoms with Gasteiger partial charge in [0, 0.05) is 37.6 Å². The number of nitrogens with zero attached hydrogens (tertiary/aromatic N) is 2. The standard InChI is InChI=1S/C24H31N3O2/c1-3-26-11-13-27(14-12-26)23-10-8-21(15-18(23)2)25-24(28)17-29-22-9-7-19-5-4-6-20(19)16-22/h7-10,15-16H,3-6,11-14,17H2,1-2H3,(H,25,28). The van der Waals surface area contributed by atoms with E-state index < -0.39 is 0 Å². The number of rotatable bonds is 6. The van der Waals surface area contributed by atoms with E-state index in [1.54, 1.807) is 0 Å². The van der Waals surface area contributed by atoms with E-state index in [0.29, 0.717) is 0 Å². The molecule has 0 atom stereocenters. The van der Waals surface area contributed by atoms with Crippen molar-refractivity contribution in [1.29, 1.82) is 0 Å². The van der Waals surface area contributed by atoms with Crippen LogP contribution in [0.2, 0.25) is 0 Å². The van der Waals surface area contributed by atoms with E-state index in [0.717, 1.165) is 57.0 Å². The number of carbonyl (C=O) groups is 1. The van der Waals surface area contributed by atoms with E-state index >= 15 is 0 Å². The first-order chi connectivity index (χ1) is 14.1. The fraction of sp³-hybridized carbons (Fsp3) is 0.458. The lowest BCUT2D eigenvalue weighted by Gasteiger charge is -2.36. The van der Waals surface area contributed by atoms with Gasteiger partial charge in [0.25, 0.3) is 5.91 Å². The van der Waals surface area contributed by atoms with Crippen molar-refractivity contribution >= 4 is 17.3 Å². The molecule has 1 N–H and O–H groups in total. The number of hydrogen-bond acceptors (Lipinski definition) is 4. The summed E-state index contributed by atoms with van der Waals surface area (Å²) in [7, 11) is 0. The molecule has 2 aliphatic rings. The number of aryl methyl sites for hydroxylation is 3. The van der Waals surface area contributed by atoms with Gasteiger partial charge in [0.1, 0.15) is 5.75 Å². The van der Waals surface area contributed by atoms with Gasteiger partial charge < -0.3 is 19.9 Å². The molecule has 1 aliphatic carbocycles. The number of nitrogens with one attached hydrogen (secondary N) is 1. The van der Waals surface area contributed by atoms with Crippen LogP contribution < -0.4 is 15.0 Å². The van der Waals surface area contributed by atoms with Gasteiger partial charge in [0.05, 0.1) is 0 Å². The van der Waals surface area contributed by atoms with Gasteiger partial charge >= 0.3 is 0 Å². The van der Waals surface area contributed by atoms with Crippen molar-refractivity contribution in [1.82, 2.24) is 4.90 Å². The SMILES string of the molecule is CCN1CCN(c2ccc(NC(=O)COc3ccc4c(c3)CCC4)cc2C)CC1. The molecule has 0 spiro atoms. The molecule has 2 aromatic rings. The lowest BCUT2D eigenvalue weighted by atomic mass is 10.1. The summed E-state index contributed by atoms with van der Waals surface area (Å²) < 4.78 is 5.71. The minimum atomic E-state index is -0.130. The van der Waals surface area contributed by atoms with Crippen LogP contribution in [0.25, 0.3) is 0 Å². The second-order valence-corrected chi connectivity index (χ2v) is 8.04. The molecule has 1 saturated heterocycles. The highest BCUT2D eigenvalue weighted by Crippen LogP contribution is 2.27. The Balaban J connectivity index is 1.31. The topological polar surface area (TPSA) is 44.8 Å². The lowest BCUT2D eigenvalue weighted by Crippen LogP contribution is -2.46. The Morgan fingerprint density at radius 3 is 2.59 bits per heavy atom. The molecule has 5 nitrogen and oxygen atoms in total. The maximum absolute atomic E-state index is 12.3. The number of hydrogen-bond donors (Lipinski definition) is 1. The summed E-state index contributed by atoms with van der Waals surface area (Å²) >= 11 is 0. The zero-order valence-electron chi connectivity index (χ0n) is 17.5. The van der Waals surface area contributed by atoms with Gasteiger partial charge in [-0.15, -0.1) is 0 Å². The third-order valence-corrected chi connectivity index (χ3v) is 6.08. The van der Waals surface area contributed by atoms with E-state index in [2.05, 4.69) is 53.2 Å². The number of piperazine rings is 1. The van der Waals surface area contributed by atoms with Crippen LogP contribution in [0, 0.1) is 6.92 Å². The van der Waals surface area contributed by atoms with Crippen molar-refractivity contribution in [3.63, 3.8) is 0 Å². The van der Waals surface area contributed by atoms with Gasteiger partial charge in [-0.2, -0.15) is 0 Å². The average molecular weight is 394 g/mol. The van der Waals surface area contributed by atoms with Crippen molar-refractivity contribution in [2.75, 3.05) is 49.5 Å². The zero-order chi connectivity index (χ0) is 20.2. The first kappa shape index (κ1) is 19.8. The maximum atomic E-state index is 12.3. The van der Waals surface area contributed by atoms with Gasteiger partial charge in [0.2, 0.25) is 0 Å². The molecule has 1 aliphatic heterocycles. The molecular weight excluding hydrogens is 362 g/mol. The second-order valence-electron chi connectivity index (χ2n) is 8.04. The Morgan fingerprint density at radius 2 is 1.83 bits per heavy atom. The van der Waals surface area contributed by atoms with Gasteiger partial charge in [-0.05, 0) is 79.8 Å². The summed E-state index contributed by atoms with van der Waals surface area (Å²) in [6.07, 6.45) is 3.47. The van der Waals surface area contributed by atoms with Gasteiger partial charge in [0.15, 0.2) is 6.61 Å². The summed E-state index contributed by atoms with van der Waals surface area (Å²) in [4.78, 5) is 17.2. The molecule has 1 heterocycles. The van der Waals surface area contributed by atoms with Crippen LogP contribution in [0.3, 0.4) is 0 Å². The van der Waals surface area contributed by atoms with Crippen LogP contribution in [0.1, 0.15) is 30.0 Å². The quantitative estimate of drug-likeness (QED) is 0.814. The van der Waals surface area contributed by atoms with Gasteiger partial charge in [-0.25, -0.2) is 0 Å². The first-order valence-electron chi connectivity index (χ1n) is 10.7. The van der Waals surface area contributed by atoms with Crippen LogP contribution in [0.5, 0.6) is 5.75 Å². The molecule has 0 aromatic heterocycles. The summed E-state index contributed by atoms with van der Waals surface area (Å²) in [6, 6.07) is 12.3. The molecule has 2 aromatic carbocycles. The van der Waals surface area contributed by atoms with Crippen LogP contribution in [0.4, 0.5) is 11.4 Å². The number of benzene rings is 2. The molecule has 29 heavy (non-hydrogen) atoms. The number of ether oxygens (including phenoxy) is 1. The van der Waals surface area contributed by atoms with E-state index in [9.17, 15) is 4.79 Å². The molecular formula is C24H31N3O2. The van der Waals surface area contributed by atoms with E-state index in [1.807, 2.05) is 12.1 Å². The molecule has 0 unspecified atom stereocenters. The lowest BCUT2D eigenvalue weighted by molar-refractivity contribution is -0.118. The largest absolute Gasteiger partial charge is 0.484 e. The predicted molar refractivity (Wildman–Crippen MR) is 118 cm³/mol. The highest BCUT2D eigenvalue weighted by molar-refractivity contribution is 5.92. The summed E-state index contributed by atoms with van der Waals surface area (Å²) in [5.41, 5.74) is 6.03. The Labute approximate surface area is 173 Å². The molecule has 1 fully saturated rings. The minimum absolute atomic E-state index is 0.0264. The van der Waals surface area contributed by atoms with E-state index in [1.165, 1.54) is 28.8 Å². The molecule has 0 saturated carbocycles. The van der Waals surface area contributed by atoms with Crippen molar-refractivity contribution in [3.05, 3.63) is 53.1 Å². The summed E-state index contributed by atoms with van der Waals surface area (Å²) in [6.45, 7) is 9.78. The third kappa shape index (κ3) is 4.73. The molecule has 0 radical (unpaired) electrons. The summed E-state index contributed by atoms with van der Waals surface area (Å²) in [5.74, 6) is 0.646. The van der Waals surface area contributed by atoms with Gasteiger partial charge in [-0.3, -0.25) is 4.79 Å². The van der Waals surface area contributed by atoms with Crippen molar-refractivity contribution in [2.24, 2.45) is 0 Å². The van der Waals surface area contributed by atoms with Crippen molar-refractivity contribution < 1.29 is 9.53 Å². The second kappa shape index (κ2) is 8.87. The number of anilines is 2. The Morgan fingerprint density at radius 1 is 1.03 bits per heavy atom. The predicted octanol–water partition coefficient (Wildman–Crippen LogP) is 3.64. The number of fused-ring (bicyclic) bond motifs is 1. The molecule has 5 heteroatoms. The Bertz CT molecular complexity index is 872. The van der Waals surface area contributed by atoms with Gasteiger partial charge in [-0.1, -0.05) is 13.0 Å². The van der Waals surface area contributed by atoms with Crippen molar-refractivity contribution in [3.8, 4) is 5.75 Å². The fourth-order valence-electron chi connectivity index (χ4n) is 4.38. The number of likely N-dealkylation sites (N-methyl/N-ethyl adjacent to an activating group) is 1. The Kier molecular flexibility index (Phi) is 6.05. The average Bonchev–Trinajstić information content (AvgIpc) is 3.20. The third-order valence-electron chi connectivity index (χ3n) is 6.08. The minimum Gasteiger partial charge on any atom is -0.484 e. The van der Waals surface area contributed by atoms with Crippen LogP contribution in [-0.2, 0) is 17.6 Å². The summed E-state index contributed by atoms with van der Waals surface area (Å²) in [5, 5.41) is 2.96. The van der Waals surface area contributed by atoms with Crippen LogP contribution in [-0.4, -0.2) is 50.1 Å². The molecule has 0 bridgehead atoms. The zero-order valence-corrected chi connectivity index (χ0v) is 17.5. The first-order valence-corrected chi connectivity index (χ1v) is 10.7. The molecule has 154 valence electrons. The van der Waals surface area contributed by atoms with Crippen LogP contribution >= 0.6 is 0 Å². The highest BCUT2D eigenvalue weighted by Gasteiger charge is 2.17. The maximum Gasteiger partial charge on any atom is 0.262 e. The fourth-order valence-corrected chi connectivity index (χ4v) is 4.38. The normalized spacial score (nSPS) is 16.6.